The van der Waals surface area contributed by atoms with Gasteiger partial charge in [0.25, 0.3) is 0 Å². The van der Waals surface area contributed by atoms with Crippen LogP contribution in [0.25, 0.3) is 0 Å². The van der Waals surface area contributed by atoms with Gasteiger partial charge in [-0.1, -0.05) is 20.8 Å². The molecule has 0 fully saturated rings. The van der Waals surface area contributed by atoms with Gasteiger partial charge in [-0.3, -0.25) is 4.79 Å². The van der Waals surface area contributed by atoms with Gasteiger partial charge in [-0.15, -0.1) is 0 Å². The molecular formula is C7H12INO3. The van der Waals surface area contributed by atoms with Crippen LogP contribution in [0.5, 0.6) is 0 Å². The Hall–Kier alpha value is -0.330. The lowest BCUT2D eigenvalue weighted by molar-refractivity contribution is -0.135. The molecule has 0 aliphatic heterocycles. The number of carbonyl (C=O) groups excluding carboxylic acids is 2. The summed E-state index contributed by atoms with van der Waals surface area (Å²) >= 11 is 1.48. The van der Waals surface area contributed by atoms with Gasteiger partial charge in [-0.25, -0.2) is 4.79 Å². The van der Waals surface area contributed by atoms with Crippen LogP contribution in [0, 0.1) is 5.41 Å². The predicted molar refractivity (Wildman–Crippen MR) is 52.6 cm³/mol. The summed E-state index contributed by atoms with van der Waals surface area (Å²) in [5, 5.41) is 2.46. The van der Waals surface area contributed by atoms with Crippen LogP contribution in [0.1, 0.15) is 20.8 Å². The molecule has 0 heterocycles. The molecule has 0 atom stereocenters. The summed E-state index contributed by atoms with van der Waals surface area (Å²) < 4.78 is 4.33. The Morgan fingerprint density at radius 2 is 1.92 bits per heavy atom. The van der Waals surface area contributed by atoms with Crippen LogP contribution in [0.15, 0.2) is 0 Å². The minimum Gasteiger partial charge on any atom is -0.393 e. The molecule has 4 nitrogen and oxygen atoms in total. The van der Waals surface area contributed by atoms with Gasteiger partial charge in [0.1, 0.15) is 6.54 Å². The monoisotopic (exact) mass is 285 g/mol. The van der Waals surface area contributed by atoms with Crippen molar-refractivity contribution in [3.63, 3.8) is 0 Å². The standard InChI is InChI=1S/C7H12INO3/c1-7(2,3)6(11)9-4-5(10)12-8/h4H2,1-3H3,(H,9,11). The van der Waals surface area contributed by atoms with Crippen molar-refractivity contribution in [2.75, 3.05) is 6.54 Å². The van der Waals surface area contributed by atoms with Crippen molar-refractivity contribution < 1.29 is 12.7 Å². The quantitative estimate of drug-likeness (QED) is 0.771. The van der Waals surface area contributed by atoms with Gasteiger partial charge in [0.05, 0.1) is 0 Å². The largest absolute Gasteiger partial charge is 0.393 e. The first-order chi connectivity index (χ1) is 5.38. The Labute approximate surface area is 85.7 Å². The fraction of sp³-hybridized carbons (Fsp3) is 0.714. The van der Waals surface area contributed by atoms with Crippen LogP contribution >= 0.6 is 23.0 Å². The van der Waals surface area contributed by atoms with Gasteiger partial charge in [-0.05, 0) is 0 Å². The molecule has 0 bridgehead atoms. The Balaban J connectivity index is 3.81. The summed E-state index contributed by atoms with van der Waals surface area (Å²) in [5.74, 6) is -0.613. The molecule has 70 valence electrons. The molecule has 0 rings (SSSR count). The van der Waals surface area contributed by atoms with Crippen molar-refractivity contribution in [3.05, 3.63) is 0 Å². The van der Waals surface area contributed by atoms with E-state index in [9.17, 15) is 9.59 Å². The smallest absolute Gasteiger partial charge is 0.334 e. The number of hydrogen-bond donors (Lipinski definition) is 1. The second kappa shape index (κ2) is 4.64. The van der Waals surface area contributed by atoms with Crippen LogP contribution in [-0.2, 0) is 12.7 Å². The average Bonchev–Trinajstić information content (AvgIpc) is 1.97. The lowest BCUT2D eigenvalue weighted by Gasteiger charge is -2.16. The molecule has 0 spiro atoms. The highest BCUT2D eigenvalue weighted by Crippen LogP contribution is 2.11. The molecule has 0 saturated heterocycles. The van der Waals surface area contributed by atoms with E-state index in [2.05, 4.69) is 8.38 Å². The fourth-order valence-electron chi connectivity index (χ4n) is 0.445. The molecule has 0 aromatic rings. The molecule has 0 radical (unpaired) electrons. The van der Waals surface area contributed by atoms with E-state index in [0.29, 0.717) is 0 Å². The number of rotatable bonds is 2. The average molecular weight is 285 g/mol. The third-order valence-corrected chi connectivity index (χ3v) is 1.65. The van der Waals surface area contributed by atoms with Gasteiger partial charge >= 0.3 is 5.97 Å². The number of hydrogen-bond acceptors (Lipinski definition) is 3. The molecule has 12 heavy (non-hydrogen) atoms. The van der Waals surface area contributed by atoms with Gasteiger partial charge in [-0.2, -0.15) is 0 Å². The Bertz CT molecular complexity index is 186. The van der Waals surface area contributed by atoms with Crippen LogP contribution < -0.4 is 5.32 Å². The van der Waals surface area contributed by atoms with Crippen LogP contribution in [0.3, 0.4) is 0 Å². The van der Waals surface area contributed by atoms with E-state index in [1.54, 1.807) is 20.8 Å². The zero-order valence-electron chi connectivity index (χ0n) is 7.31. The summed E-state index contributed by atoms with van der Waals surface area (Å²) in [4.78, 5) is 21.8. The van der Waals surface area contributed by atoms with E-state index in [-0.39, 0.29) is 12.5 Å². The maximum absolute atomic E-state index is 11.2. The van der Waals surface area contributed by atoms with Gasteiger partial charge in [0, 0.05) is 5.41 Å². The first kappa shape index (κ1) is 11.7. The summed E-state index contributed by atoms with van der Waals surface area (Å²) in [6, 6.07) is 0. The number of halogens is 1. The third kappa shape index (κ3) is 4.53. The maximum Gasteiger partial charge on any atom is 0.334 e. The van der Waals surface area contributed by atoms with Crippen molar-refractivity contribution in [2.45, 2.75) is 20.8 Å². The molecule has 0 aromatic carbocycles. The summed E-state index contributed by atoms with van der Waals surface area (Å²) in [6.45, 7) is 5.26. The van der Waals surface area contributed by atoms with Gasteiger partial charge < -0.3 is 8.38 Å². The minimum atomic E-state index is -0.467. The normalized spacial score (nSPS) is 10.7. The fourth-order valence-corrected chi connectivity index (χ4v) is 0.601. The van der Waals surface area contributed by atoms with E-state index in [1.807, 2.05) is 0 Å². The number of carbonyl (C=O) groups is 2. The van der Waals surface area contributed by atoms with Crippen molar-refractivity contribution in [1.29, 1.82) is 0 Å². The lowest BCUT2D eigenvalue weighted by atomic mass is 9.96. The van der Waals surface area contributed by atoms with Gasteiger partial charge in [0.15, 0.2) is 23.0 Å². The lowest BCUT2D eigenvalue weighted by Crippen LogP contribution is -2.37. The Morgan fingerprint density at radius 3 is 2.25 bits per heavy atom. The molecule has 0 aromatic heterocycles. The molecule has 5 heteroatoms. The molecule has 0 unspecified atom stereocenters. The molecule has 0 saturated carbocycles. The SMILES string of the molecule is CC(C)(C)C(=O)NCC(=O)OI. The van der Waals surface area contributed by atoms with E-state index >= 15 is 0 Å². The highest BCUT2D eigenvalue weighted by atomic mass is 127. The topological polar surface area (TPSA) is 55.4 Å². The third-order valence-electron chi connectivity index (χ3n) is 1.16. The highest BCUT2D eigenvalue weighted by Gasteiger charge is 2.21. The van der Waals surface area contributed by atoms with E-state index in [4.69, 9.17) is 0 Å². The minimum absolute atomic E-state index is 0.0704. The highest BCUT2D eigenvalue weighted by molar-refractivity contribution is 14.1. The molecule has 1 amide bonds. The van der Waals surface area contributed by atoms with Crippen LogP contribution in [0.2, 0.25) is 0 Å². The van der Waals surface area contributed by atoms with Crippen molar-refractivity contribution in [2.24, 2.45) is 5.41 Å². The van der Waals surface area contributed by atoms with Crippen molar-refractivity contribution in [3.8, 4) is 0 Å². The summed E-state index contributed by atoms with van der Waals surface area (Å²) in [6.07, 6.45) is 0. The maximum atomic E-state index is 11.2. The van der Waals surface area contributed by atoms with Crippen molar-refractivity contribution >= 4 is 34.9 Å². The molecule has 0 aliphatic rings. The molecule has 1 N–H and O–H groups in total. The van der Waals surface area contributed by atoms with E-state index in [1.165, 1.54) is 23.0 Å². The summed E-state index contributed by atoms with van der Waals surface area (Å²) in [5.41, 5.74) is -0.467. The van der Waals surface area contributed by atoms with E-state index < -0.39 is 11.4 Å². The molecular weight excluding hydrogens is 273 g/mol. The van der Waals surface area contributed by atoms with Gasteiger partial charge in [0.2, 0.25) is 5.91 Å². The van der Waals surface area contributed by atoms with E-state index in [0.717, 1.165) is 0 Å². The zero-order valence-corrected chi connectivity index (χ0v) is 9.47. The van der Waals surface area contributed by atoms with Crippen LogP contribution in [-0.4, -0.2) is 18.4 Å². The molecule has 0 aliphatic carbocycles. The Kier molecular flexibility index (Phi) is 4.51. The van der Waals surface area contributed by atoms with Crippen LogP contribution in [0.4, 0.5) is 0 Å². The van der Waals surface area contributed by atoms with Crippen molar-refractivity contribution in [1.82, 2.24) is 5.32 Å². The zero-order chi connectivity index (χ0) is 9.78. The second-order valence-electron chi connectivity index (χ2n) is 3.38. The first-order valence-electron chi connectivity index (χ1n) is 3.47. The first-order valence-corrected chi connectivity index (χ1v) is 4.35. The summed E-state index contributed by atoms with van der Waals surface area (Å²) in [7, 11) is 0. The number of amides is 1. The predicted octanol–water partition coefficient (Wildman–Crippen LogP) is 1.04. The second-order valence-corrected chi connectivity index (χ2v) is 3.82. The Morgan fingerprint density at radius 1 is 1.42 bits per heavy atom. The number of nitrogens with one attached hydrogen (secondary N) is 1.